The maximum atomic E-state index is 13.5. The normalized spacial score (nSPS) is 11.1. The molecule has 1 amide bonds. The highest BCUT2D eigenvalue weighted by atomic mass is 19.4. The van der Waals surface area contributed by atoms with Gasteiger partial charge in [0.05, 0.1) is 16.2 Å². The number of carbonyl (C=O) groups excluding carboxylic acids is 1. The van der Waals surface area contributed by atoms with Gasteiger partial charge >= 0.3 is 6.18 Å². The molecule has 0 fully saturated rings. The minimum absolute atomic E-state index is 0.260. The average Bonchev–Trinajstić information content (AvgIpc) is 2.48. The number of benzene rings is 1. The van der Waals surface area contributed by atoms with Crippen molar-refractivity contribution in [3.8, 4) is 0 Å². The molecule has 0 saturated heterocycles. The first-order chi connectivity index (χ1) is 10.7. The number of amides is 1. The number of anilines is 1. The average molecular weight is 329 g/mol. The standard InChI is InChI=1S/C13H7F4N3O3/c14-9-3-2-8(20(22)23)5-10(9)19-12(21)7-1-4-11(18-6-7)13(15,16)17/h1-6H,(H,19,21). The van der Waals surface area contributed by atoms with Crippen LogP contribution in [0.15, 0.2) is 36.5 Å². The first-order valence-electron chi connectivity index (χ1n) is 5.97. The lowest BCUT2D eigenvalue weighted by molar-refractivity contribution is -0.384. The number of halogens is 4. The zero-order valence-corrected chi connectivity index (χ0v) is 11.1. The Kier molecular flexibility index (Phi) is 4.25. The first-order valence-corrected chi connectivity index (χ1v) is 5.97. The summed E-state index contributed by atoms with van der Waals surface area (Å²) in [5.74, 6) is -1.88. The second-order valence-corrected chi connectivity index (χ2v) is 4.31. The predicted octanol–water partition coefficient (Wildman–Crippen LogP) is 3.40. The maximum absolute atomic E-state index is 13.5. The van der Waals surface area contributed by atoms with Crippen LogP contribution in [0.4, 0.5) is 28.9 Å². The summed E-state index contributed by atoms with van der Waals surface area (Å²) in [6.07, 6.45) is -3.98. The molecule has 23 heavy (non-hydrogen) atoms. The van der Waals surface area contributed by atoms with Crippen LogP contribution >= 0.6 is 0 Å². The number of nitro groups is 1. The number of nitro benzene ring substituents is 1. The van der Waals surface area contributed by atoms with Gasteiger partial charge in [-0.1, -0.05) is 0 Å². The second-order valence-electron chi connectivity index (χ2n) is 4.31. The van der Waals surface area contributed by atoms with Gasteiger partial charge in [-0.3, -0.25) is 19.9 Å². The highest BCUT2D eigenvalue weighted by molar-refractivity contribution is 6.04. The molecule has 0 aliphatic carbocycles. The summed E-state index contributed by atoms with van der Waals surface area (Å²) in [5, 5.41) is 12.6. The third-order valence-electron chi connectivity index (χ3n) is 2.73. The lowest BCUT2D eigenvalue weighted by Crippen LogP contribution is -2.15. The quantitative estimate of drug-likeness (QED) is 0.531. The Labute approximate surface area is 125 Å². The van der Waals surface area contributed by atoms with Gasteiger partial charge in [-0.2, -0.15) is 13.2 Å². The van der Waals surface area contributed by atoms with Crippen LogP contribution in [0.5, 0.6) is 0 Å². The SMILES string of the molecule is O=C(Nc1cc([N+](=O)[O-])ccc1F)c1ccc(C(F)(F)F)nc1. The Morgan fingerprint density at radius 3 is 2.43 bits per heavy atom. The third-order valence-corrected chi connectivity index (χ3v) is 2.73. The molecule has 0 unspecified atom stereocenters. The van der Waals surface area contributed by atoms with Crippen LogP contribution in [0.1, 0.15) is 16.1 Å². The molecule has 6 nitrogen and oxygen atoms in total. The highest BCUT2D eigenvalue weighted by Crippen LogP contribution is 2.27. The minimum Gasteiger partial charge on any atom is -0.319 e. The van der Waals surface area contributed by atoms with Crippen molar-refractivity contribution in [2.75, 3.05) is 5.32 Å². The molecule has 1 aromatic heterocycles. The molecule has 1 N–H and O–H groups in total. The van der Waals surface area contributed by atoms with E-state index in [1.54, 1.807) is 0 Å². The number of pyridine rings is 1. The number of aromatic nitrogens is 1. The molecule has 1 aromatic carbocycles. The van der Waals surface area contributed by atoms with Crippen LogP contribution in [0.3, 0.4) is 0 Å². The number of hydrogen-bond acceptors (Lipinski definition) is 4. The molecule has 0 radical (unpaired) electrons. The molecule has 0 atom stereocenters. The van der Waals surface area contributed by atoms with Crippen molar-refractivity contribution < 1.29 is 27.3 Å². The lowest BCUT2D eigenvalue weighted by atomic mass is 10.2. The molecule has 10 heteroatoms. The second kappa shape index (κ2) is 5.99. The van der Waals surface area contributed by atoms with Gasteiger partial charge in [-0.25, -0.2) is 4.39 Å². The third kappa shape index (κ3) is 3.78. The van der Waals surface area contributed by atoms with E-state index in [2.05, 4.69) is 4.98 Å². The molecule has 0 saturated carbocycles. The van der Waals surface area contributed by atoms with Gasteiger partial charge in [-0.05, 0) is 18.2 Å². The molecule has 0 spiro atoms. The number of nitrogens with zero attached hydrogens (tertiary/aromatic N) is 2. The van der Waals surface area contributed by atoms with E-state index in [9.17, 15) is 32.5 Å². The van der Waals surface area contributed by atoms with Gasteiger partial charge in [0, 0.05) is 18.3 Å². The van der Waals surface area contributed by atoms with E-state index in [1.165, 1.54) is 0 Å². The summed E-state index contributed by atoms with van der Waals surface area (Å²) < 4.78 is 50.6. The number of rotatable bonds is 3. The summed E-state index contributed by atoms with van der Waals surface area (Å²) in [6, 6.07) is 3.95. The van der Waals surface area contributed by atoms with Crippen LogP contribution < -0.4 is 5.32 Å². The van der Waals surface area contributed by atoms with Crippen LogP contribution in [0.25, 0.3) is 0 Å². The molecule has 1 heterocycles. The Bertz CT molecular complexity index is 760. The topological polar surface area (TPSA) is 85.1 Å². The number of nitrogens with one attached hydrogen (secondary N) is 1. The molecule has 0 aliphatic heterocycles. The van der Waals surface area contributed by atoms with E-state index in [0.29, 0.717) is 12.3 Å². The summed E-state index contributed by atoms with van der Waals surface area (Å²) in [5.41, 5.74) is -2.36. The zero-order valence-electron chi connectivity index (χ0n) is 11.1. The molecule has 0 aliphatic rings. The van der Waals surface area contributed by atoms with Crippen molar-refractivity contribution >= 4 is 17.3 Å². The summed E-state index contributed by atoms with van der Waals surface area (Å²) >= 11 is 0. The Balaban J connectivity index is 2.22. The minimum atomic E-state index is -4.65. The van der Waals surface area contributed by atoms with Crippen LogP contribution in [0, 0.1) is 15.9 Å². The number of alkyl halides is 3. The van der Waals surface area contributed by atoms with E-state index in [1.807, 2.05) is 5.32 Å². The Morgan fingerprint density at radius 1 is 1.22 bits per heavy atom. The highest BCUT2D eigenvalue weighted by Gasteiger charge is 2.32. The number of hydrogen-bond donors (Lipinski definition) is 1. The summed E-state index contributed by atoms with van der Waals surface area (Å²) in [4.78, 5) is 24.8. The van der Waals surface area contributed by atoms with E-state index < -0.39 is 39.9 Å². The van der Waals surface area contributed by atoms with Gasteiger partial charge in [0.1, 0.15) is 11.5 Å². The van der Waals surface area contributed by atoms with Crippen molar-refractivity contribution in [3.63, 3.8) is 0 Å². The van der Waals surface area contributed by atoms with Crippen LogP contribution in [-0.2, 0) is 6.18 Å². The van der Waals surface area contributed by atoms with Gasteiger partial charge in [0.2, 0.25) is 0 Å². The Hall–Kier alpha value is -3.04. The molecular formula is C13H7F4N3O3. The van der Waals surface area contributed by atoms with Crippen molar-refractivity contribution in [1.82, 2.24) is 4.98 Å². The molecular weight excluding hydrogens is 322 g/mol. The van der Waals surface area contributed by atoms with E-state index >= 15 is 0 Å². The summed E-state index contributed by atoms with van der Waals surface area (Å²) in [7, 11) is 0. The van der Waals surface area contributed by atoms with Gasteiger partial charge < -0.3 is 5.32 Å². The Morgan fingerprint density at radius 2 is 1.91 bits per heavy atom. The van der Waals surface area contributed by atoms with Crippen LogP contribution in [-0.4, -0.2) is 15.8 Å². The van der Waals surface area contributed by atoms with Gasteiger partial charge in [0.25, 0.3) is 11.6 Å². The van der Waals surface area contributed by atoms with Crippen molar-refractivity contribution in [1.29, 1.82) is 0 Å². The largest absolute Gasteiger partial charge is 0.433 e. The van der Waals surface area contributed by atoms with Crippen molar-refractivity contribution in [3.05, 3.63) is 63.7 Å². The zero-order chi connectivity index (χ0) is 17.2. The smallest absolute Gasteiger partial charge is 0.319 e. The molecule has 0 bridgehead atoms. The van der Waals surface area contributed by atoms with E-state index in [0.717, 1.165) is 24.3 Å². The monoisotopic (exact) mass is 329 g/mol. The lowest BCUT2D eigenvalue weighted by Gasteiger charge is -2.08. The maximum Gasteiger partial charge on any atom is 0.433 e. The van der Waals surface area contributed by atoms with Crippen LogP contribution in [0.2, 0.25) is 0 Å². The van der Waals surface area contributed by atoms with Gasteiger partial charge in [0.15, 0.2) is 0 Å². The fourth-order valence-electron chi connectivity index (χ4n) is 1.61. The predicted molar refractivity (Wildman–Crippen MR) is 70.2 cm³/mol. The first kappa shape index (κ1) is 16.3. The fraction of sp³-hybridized carbons (Fsp3) is 0.0769. The summed E-state index contributed by atoms with van der Waals surface area (Å²) in [6.45, 7) is 0. The number of carbonyl (C=O) groups is 1. The molecule has 120 valence electrons. The van der Waals surface area contributed by atoms with Gasteiger partial charge in [-0.15, -0.1) is 0 Å². The fourth-order valence-corrected chi connectivity index (χ4v) is 1.61. The number of non-ortho nitro benzene ring substituents is 1. The van der Waals surface area contributed by atoms with Crippen molar-refractivity contribution in [2.24, 2.45) is 0 Å². The molecule has 2 rings (SSSR count). The molecule has 2 aromatic rings. The van der Waals surface area contributed by atoms with E-state index in [4.69, 9.17) is 0 Å². The van der Waals surface area contributed by atoms with Crippen molar-refractivity contribution in [2.45, 2.75) is 6.18 Å². The van der Waals surface area contributed by atoms with E-state index in [-0.39, 0.29) is 5.56 Å².